The van der Waals surface area contributed by atoms with Gasteiger partial charge in [-0.15, -0.1) is 0 Å². The first-order chi connectivity index (χ1) is 10.2. The highest BCUT2D eigenvalue weighted by Crippen LogP contribution is 2.27. The highest BCUT2D eigenvalue weighted by Gasteiger charge is 1.97. The summed E-state index contributed by atoms with van der Waals surface area (Å²) in [7, 11) is 0. The number of unbranched alkanes of at least 4 members (excludes halogenated alkanes) is 4. The number of benzene rings is 1. The summed E-state index contributed by atoms with van der Waals surface area (Å²) < 4.78 is 0. The van der Waals surface area contributed by atoms with Crippen LogP contribution in [0.4, 0.5) is 5.69 Å². The Labute approximate surface area is 134 Å². The van der Waals surface area contributed by atoms with Gasteiger partial charge in [-0.1, -0.05) is 55.8 Å². The van der Waals surface area contributed by atoms with Crippen molar-refractivity contribution in [2.24, 2.45) is 9.98 Å². The van der Waals surface area contributed by atoms with Gasteiger partial charge in [-0.25, -0.2) is 14.6 Å². The molecule has 0 N–H and O–H groups in total. The average Bonchev–Trinajstić information content (AvgIpc) is 2.47. The maximum Gasteiger partial charge on any atom is 0.240 e. The number of rotatable bonds is 7. The van der Waals surface area contributed by atoms with Gasteiger partial charge in [0.25, 0.3) is 0 Å². The highest BCUT2D eigenvalue weighted by atomic mass is 35.5. The van der Waals surface area contributed by atoms with Gasteiger partial charge in [-0.3, -0.25) is 0 Å². The zero-order chi connectivity index (χ0) is 15.9. The standard InChI is InChI=1S/C8H15NO.C7H3Cl2NO/c1-2-3-4-5-6-7-9-8-10;8-5-1-2-7(10-4-11)6(9)3-5/h2-7H2,1H3;1-3H. The van der Waals surface area contributed by atoms with Crippen molar-refractivity contribution in [2.45, 2.75) is 39.0 Å². The quantitative estimate of drug-likeness (QED) is 0.389. The fourth-order valence-electron chi connectivity index (χ4n) is 1.46. The maximum absolute atomic E-state index is 9.83. The Morgan fingerprint density at radius 3 is 2.33 bits per heavy atom. The van der Waals surface area contributed by atoms with Crippen LogP contribution < -0.4 is 0 Å². The van der Waals surface area contributed by atoms with Crippen molar-refractivity contribution in [2.75, 3.05) is 6.54 Å². The molecule has 0 bridgehead atoms. The Bertz CT molecular complexity index is 508. The van der Waals surface area contributed by atoms with Crippen LogP contribution in [0.15, 0.2) is 28.2 Å². The maximum atomic E-state index is 9.83. The topological polar surface area (TPSA) is 58.9 Å². The molecule has 0 fully saturated rings. The van der Waals surface area contributed by atoms with E-state index in [0.29, 0.717) is 22.3 Å². The van der Waals surface area contributed by atoms with Crippen LogP contribution in [0, 0.1) is 0 Å². The molecule has 0 amide bonds. The zero-order valence-electron chi connectivity index (χ0n) is 11.9. The molecule has 0 saturated heterocycles. The Hall–Kier alpha value is -1.44. The Kier molecular flexibility index (Phi) is 12.6. The van der Waals surface area contributed by atoms with E-state index in [2.05, 4.69) is 16.9 Å². The fraction of sp³-hybridized carbons (Fsp3) is 0.467. The number of hydrogen-bond donors (Lipinski definition) is 0. The first-order valence-corrected chi connectivity index (χ1v) is 7.47. The van der Waals surface area contributed by atoms with Crippen LogP contribution in [0.1, 0.15) is 39.0 Å². The number of hydrogen-bond acceptors (Lipinski definition) is 4. The molecule has 114 valence electrons. The third-order valence-electron chi connectivity index (χ3n) is 2.51. The average molecular weight is 329 g/mol. The van der Waals surface area contributed by atoms with Crippen LogP contribution >= 0.6 is 23.2 Å². The Morgan fingerprint density at radius 2 is 1.76 bits per heavy atom. The normalized spacial score (nSPS) is 8.90. The summed E-state index contributed by atoms with van der Waals surface area (Å²) in [5, 5.41) is 0.862. The molecule has 21 heavy (non-hydrogen) atoms. The molecule has 0 radical (unpaired) electrons. The lowest BCUT2D eigenvalue weighted by Crippen LogP contribution is -1.81. The molecule has 1 rings (SSSR count). The largest absolute Gasteiger partial charge is 0.240 e. The van der Waals surface area contributed by atoms with Gasteiger partial charge in [0.1, 0.15) is 0 Å². The van der Waals surface area contributed by atoms with Crippen LogP contribution in [-0.4, -0.2) is 18.7 Å². The fourth-order valence-corrected chi connectivity index (χ4v) is 1.91. The molecule has 0 spiro atoms. The minimum Gasteiger partial charge on any atom is -0.211 e. The third kappa shape index (κ3) is 10.9. The van der Waals surface area contributed by atoms with E-state index < -0.39 is 0 Å². The van der Waals surface area contributed by atoms with Crippen molar-refractivity contribution in [1.82, 2.24) is 0 Å². The number of nitrogens with zero attached hydrogens (tertiary/aromatic N) is 2. The molecular formula is C15H18Cl2N2O2. The first-order valence-electron chi connectivity index (χ1n) is 6.72. The van der Waals surface area contributed by atoms with Crippen LogP contribution in [0.3, 0.4) is 0 Å². The molecule has 0 aliphatic heterocycles. The van der Waals surface area contributed by atoms with Crippen molar-refractivity contribution in [3.05, 3.63) is 28.2 Å². The van der Waals surface area contributed by atoms with Crippen LogP contribution in [0.5, 0.6) is 0 Å². The lowest BCUT2D eigenvalue weighted by atomic mass is 10.2. The van der Waals surface area contributed by atoms with Gasteiger partial charge in [0.05, 0.1) is 17.3 Å². The molecule has 6 heteroatoms. The summed E-state index contributed by atoms with van der Waals surface area (Å²) in [6.45, 7) is 2.84. The second kappa shape index (κ2) is 13.5. The van der Waals surface area contributed by atoms with Crippen molar-refractivity contribution in [3.8, 4) is 0 Å². The second-order valence-corrected chi connectivity index (χ2v) is 5.03. The molecule has 1 aromatic carbocycles. The predicted molar refractivity (Wildman–Crippen MR) is 86.0 cm³/mol. The van der Waals surface area contributed by atoms with Gasteiger partial charge in [-0.2, -0.15) is 4.99 Å². The van der Waals surface area contributed by atoms with Gasteiger partial charge < -0.3 is 0 Å². The summed E-state index contributed by atoms with van der Waals surface area (Å²) in [4.78, 5) is 26.2. The van der Waals surface area contributed by atoms with Gasteiger partial charge in [0.15, 0.2) is 0 Å². The molecular weight excluding hydrogens is 311 g/mol. The van der Waals surface area contributed by atoms with Crippen molar-refractivity contribution < 1.29 is 9.59 Å². The zero-order valence-corrected chi connectivity index (χ0v) is 13.5. The van der Waals surface area contributed by atoms with Gasteiger partial charge in [0, 0.05) is 5.02 Å². The number of aliphatic imine (C=N–C) groups is 2. The summed E-state index contributed by atoms with van der Waals surface area (Å²) >= 11 is 11.2. The van der Waals surface area contributed by atoms with Crippen LogP contribution in [-0.2, 0) is 9.59 Å². The Balaban J connectivity index is 0.000000384. The first kappa shape index (κ1) is 19.6. The van der Waals surface area contributed by atoms with Crippen molar-refractivity contribution >= 4 is 41.0 Å². The molecule has 0 unspecified atom stereocenters. The number of halogens is 2. The SMILES string of the molecule is CCCCCCCN=C=O.O=C=Nc1ccc(Cl)cc1Cl. The van der Waals surface area contributed by atoms with Gasteiger partial charge in [0.2, 0.25) is 12.2 Å². The summed E-state index contributed by atoms with van der Waals surface area (Å²) in [5.41, 5.74) is 0.381. The molecule has 0 aliphatic carbocycles. The third-order valence-corrected chi connectivity index (χ3v) is 3.05. The summed E-state index contributed by atoms with van der Waals surface area (Å²) in [6.07, 6.45) is 8.98. The van der Waals surface area contributed by atoms with E-state index in [1.807, 2.05) is 0 Å². The molecule has 0 saturated carbocycles. The summed E-state index contributed by atoms with van der Waals surface area (Å²) in [5.74, 6) is 0. The van der Waals surface area contributed by atoms with Gasteiger partial charge >= 0.3 is 0 Å². The lowest BCUT2D eigenvalue weighted by Gasteiger charge is -1.94. The monoisotopic (exact) mass is 328 g/mol. The highest BCUT2D eigenvalue weighted by molar-refractivity contribution is 6.36. The van der Waals surface area contributed by atoms with Gasteiger partial charge in [-0.05, 0) is 24.6 Å². The molecule has 0 atom stereocenters. The van der Waals surface area contributed by atoms with E-state index in [1.54, 1.807) is 12.1 Å². The van der Waals surface area contributed by atoms with E-state index in [-0.39, 0.29) is 0 Å². The van der Waals surface area contributed by atoms with E-state index in [9.17, 15) is 9.59 Å². The molecule has 4 nitrogen and oxygen atoms in total. The number of isocyanates is 2. The van der Waals surface area contributed by atoms with Crippen LogP contribution in [0.25, 0.3) is 0 Å². The molecule has 0 aliphatic rings. The van der Waals surface area contributed by atoms with Crippen LogP contribution in [0.2, 0.25) is 10.0 Å². The Morgan fingerprint density at radius 1 is 1.05 bits per heavy atom. The second-order valence-electron chi connectivity index (χ2n) is 4.19. The minimum atomic E-state index is 0.348. The predicted octanol–water partition coefficient (Wildman–Crippen LogP) is 5.25. The minimum absolute atomic E-state index is 0.348. The van der Waals surface area contributed by atoms with E-state index in [0.717, 1.165) is 6.42 Å². The van der Waals surface area contributed by atoms with Crippen molar-refractivity contribution in [1.29, 1.82) is 0 Å². The summed E-state index contributed by atoms with van der Waals surface area (Å²) in [6, 6.07) is 4.67. The number of carbonyl (C=O) groups excluding carboxylic acids is 2. The lowest BCUT2D eigenvalue weighted by molar-refractivity contribution is 0.560. The van der Waals surface area contributed by atoms with E-state index in [1.165, 1.54) is 43.9 Å². The molecule has 0 aromatic heterocycles. The smallest absolute Gasteiger partial charge is 0.211 e. The molecule has 1 aromatic rings. The molecule has 0 heterocycles. The van der Waals surface area contributed by atoms with E-state index >= 15 is 0 Å². The van der Waals surface area contributed by atoms with E-state index in [4.69, 9.17) is 23.2 Å². The van der Waals surface area contributed by atoms with Crippen molar-refractivity contribution in [3.63, 3.8) is 0 Å².